The predicted molar refractivity (Wildman–Crippen MR) is 130 cm³/mol. The number of hydrogen-bond donors (Lipinski definition) is 1. The maximum absolute atomic E-state index is 13.3. The lowest BCUT2D eigenvalue weighted by molar-refractivity contribution is -0.122. The third kappa shape index (κ3) is 4.37. The SMILES string of the molecule is CC1=CC[C@@H]2C(=O)N(c3ccccc3C(=O)Nc3cccc(C(=O)N4CCOCC4)c3)C(=O)[C@@H]2C1. The molecular formula is C27H27N3O5. The van der Waals surface area contributed by atoms with Crippen LogP contribution in [0.1, 0.15) is 40.5 Å². The lowest BCUT2D eigenvalue weighted by Gasteiger charge is -2.27. The van der Waals surface area contributed by atoms with E-state index in [2.05, 4.69) is 5.32 Å². The van der Waals surface area contributed by atoms with Gasteiger partial charge in [-0.05, 0) is 50.1 Å². The third-order valence-corrected chi connectivity index (χ3v) is 6.88. The summed E-state index contributed by atoms with van der Waals surface area (Å²) in [4.78, 5) is 55.3. The zero-order chi connectivity index (χ0) is 24.5. The number of hydrogen-bond acceptors (Lipinski definition) is 5. The second kappa shape index (κ2) is 9.46. The van der Waals surface area contributed by atoms with Crippen molar-refractivity contribution in [1.29, 1.82) is 0 Å². The molecule has 2 fully saturated rings. The lowest BCUT2D eigenvalue weighted by Crippen LogP contribution is -2.40. The number of allylic oxidation sites excluding steroid dienone is 2. The maximum atomic E-state index is 13.3. The number of nitrogens with one attached hydrogen (secondary N) is 1. The summed E-state index contributed by atoms with van der Waals surface area (Å²) in [7, 11) is 0. The molecule has 0 saturated carbocycles. The number of rotatable bonds is 4. The zero-order valence-electron chi connectivity index (χ0n) is 19.5. The minimum absolute atomic E-state index is 0.121. The van der Waals surface area contributed by atoms with Crippen LogP contribution in [0.2, 0.25) is 0 Å². The van der Waals surface area contributed by atoms with E-state index < -0.39 is 5.91 Å². The molecule has 1 N–H and O–H groups in total. The Hall–Kier alpha value is -3.78. The van der Waals surface area contributed by atoms with Gasteiger partial charge in [0.1, 0.15) is 0 Å². The van der Waals surface area contributed by atoms with Crippen molar-refractivity contribution in [1.82, 2.24) is 4.90 Å². The zero-order valence-corrected chi connectivity index (χ0v) is 19.5. The first-order valence-corrected chi connectivity index (χ1v) is 11.8. The monoisotopic (exact) mass is 473 g/mol. The van der Waals surface area contributed by atoms with Crippen molar-refractivity contribution >= 4 is 35.0 Å². The molecule has 0 aromatic heterocycles. The molecule has 0 bridgehead atoms. The summed E-state index contributed by atoms with van der Waals surface area (Å²) in [6, 6.07) is 13.4. The molecule has 4 amide bonds. The second-order valence-corrected chi connectivity index (χ2v) is 9.17. The van der Waals surface area contributed by atoms with Crippen LogP contribution in [0.25, 0.3) is 0 Å². The number of amides is 4. The Labute approximate surface area is 203 Å². The summed E-state index contributed by atoms with van der Waals surface area (Å²) < 4.78 is 5.31. The maximum Gasteiger partial charge on any atom is 0.257 e. The number of fused-ring (bicyclic) bond motifs is 1. The Morgan fingerprint density at radius 2 is 1.71 bits per heavy atom. The van der Waals surface area contributed by atoms with Crippen molar-refractivity contribution in [2.75, 3.05) is 36.5 Å². The topological polar surface area (TPSA) is 96.0 Å². The van der Waals surface area contributed by atoms with Gasteiger partial charge in [-0.1, -0.05) is 29.8 Å². The average Bonchev–Trinajstić information content (AvgIpc) is 3.13. The summed E-state index contributed by atoms with van der Waals surface area (Å²) >= 11 is 0. The Morgan fingerprint density at radius 3 is 2.51 bits per heavy atom. The van der Waals surface area contributed by atoms with Crippen molar-refractivity contribution in [2.45, 2.75) is 19.8 Å². The molecule has 35 heavy (non-hydrogen) atoms. The van der Waals surface area contributed by atoms with Gasteiger partial charge < -0.3 is 15.0 Å². The standard InChI is InChI=1S/C27H27N3O5/c1-17-9-10-20-22(15-17)27(34)30(26(20)33)23-8-3-2-7-21(23)24(31)28-19-6-4-5-18(16-19)25(32)29-11-13-35-14-12-29/h2-9,16,20,22H,10-15H2,1H3,(H,28,31)/t20-,22+/m0/s1. The summed E-state index contributed by atoms with van der Waals surface area (Å²) in [5, 5.41) is 2.83. The number of imide groups is 1. The number of anilines is 2. The van der Waals surface area contributed by atoms with Crippen molar-refractivity contribution in [3.63, 3.8) is 0 Å². The highest BCUT2D eigenvalue weighted by Crippen LogP contribution is 2.40. The van der Waals surface area contributed by atoms with E-state index in [1.165, 1.54) is 4.90 Å². The fourth-order valence-corrected chi connectivity index (χ4v) is 5.01. The molecular weight excluding hydrogens is 446 g/mol. The van der Waals surface area contributed by atoms with Gasteiger partial charge in [-0.2, -0.15) is 0 Å². The molecule has 3 aliphatic rings. The summed E-state index contributed by atoms with van der Waals surface area (Å²) in [6.45, 7) is 4.03. The Morgan fingerprint density at radius 1 is 0.971 bits per heavy atom. The van der Waals surface area contributed by atoms with Crippen LogP contribution in [-0.4, -0.2) is 54.8 Å². The van der Waals surface area contributed by atoms with E-state index in [1.54, 1.807) is 53.4 Å². The van der Waals surface area contributed by atoms with Crippen LogP contribution in [0, 0.1) is 11.8 Å². The third-order valence-electron chi connectivity index (χ3n) is 6.88. The van der Waals surface area contributed by atoms with Gasteiger partial charge >= 0.3 is 0 Å². The van der Waals surface area contributed by atoms with E-state index in [0.717, 1.165) is 5.57 Å². The fraction of sp³-hybridized carbons (Fsp3) is 0.333. The van der Waals surface area contributed by atoms with E-state index in [9.17, 15) is 19.2 Å². The molecule has 2 saturated heterocycles. The first kappa shape index (κ1) is 23.0. The number of para-hydroxylation sites is 1. The normalized spacial score (nSPS) is 22.0. The van der Waals surface area contributed by atoms with Gasteiger partial charge in [-0.15, -0.1) is 0 Å². The van der Waals surface area contributed by atoms with Gasteiger partial charge in [0.2, 0.25) is 11.8 Å². The molecule has 0 radical (unpaired) electrons. The predicted octanol–water partition coefficient (Wildman–Crippen LogP) is 3.26. The molecule has 1 aliphatic carbocycles. The molecule has 5 rings (SSSR count). The van der Waals surface area contributed by atoms with Crippen LogP contribution >= 0.6 is 0 Å². The van der Waals surface area contributed by atoms with Crippen LogP contribution in [0.15, 0.2) is 60.2 Å². The molecule has 2 aromatic rings. The van der Waals surface area contributed by atoms with Crippen LogP contribution in [0.5, 0.6) is 0 Å². The first-order chi connectivity index (χ1) is 16.9. The van der Waals surface area contributed by atoms with Gasteiger partial charge in [0.05, 0.1) is 36.3 Å². The average molecular weight is 474 g/mol. The molecule has 0 spiro atoms. The largest absolute Gasteiger partial charge is 0.378 e. The van der Waals surface area contributed by atoms with Crippen LogP contribution in [0.3, 0.4) is 0 Å². The van der Waals surface area contributed by atoms with Crippen molar-refractivity contribution in [3.05, 3.63) is 71.3 Å². The highest BCUT2D eigenvalue weighted by molar-refractivity contribution is 6.25. The van der Waals surface area contributed by atoms with Crippen LogP contribution in [-0.2, 0) is 14.3 Å². The van der Waals surface area contributed by atoms with Gasteiger partial charge in [0.15, 0.2) is 0 Å². The number of carbonyl (C=O) groups excluding carboxylic acids is 4. The van der Waals surface area contributed by atoms with E-state index in [0.29, 0.717) is 50.4 Å². The minimum Gasteiger partial charge on any atom is -0.378 e. The number of carbonyl (C=O) groups is 4. The number of nitrogens with zero attached hydrogens (tertiary/aromatic N) is 2. The summed E-state index contributed by atoms with van der Waals surface area (Å²) in [5.74, 6) is -1.87. The number of benzene rings is 2. The van der Waals surface area contributed by atoms with E-state index in [1.807, 2.05) is 13.0 Å². The van der Waals surface area contributed by atoms with Crippen molar-refractivity contribution in [3.8, 4) is 0 Å². The molecule has 2 heterocycles. The number of morpholine rings is 1. The summed E-state index contributed by atoms with van der Waals surface area (Å²) in [6.07, 6.45) is 3.11. The van der Waals surface area contributed by atoms with Crippen LogP contribution < -0.4 is 10.2 Å². The van der Waals surface area contributed by atoms with E-state index >= 15 is 0 Å². The van der Waals surface area contributed by atoms with Gasteiger partial charge in [-0.25, -0.2) is 4.90 Å². The van der Waals surface area contributed by atoms with Gasteiger partial charge in [0, 0.05) is 24.3 Å². The van der Waals surface area contributed by atoms with E-state index in [-0.39, 0.29) is 40.8 Å². The highest BCUT2D eigenvalue weighted by atomic mass is 16.5. The van der Waals surface area contributed by atoms with Crippen molar-refractivity contribution < 1.29 is 23.9 Å². The van der Waals surface area contributed by atoms with Gasteiger partial charge in [0.25, 0.3) is 11.8 Å². The van der Waals surface area contributed by atoms with Crippen molar-refractivity contribution in [2.24, 2.45) is 11.8 Å². The molecule has 2 atom stereocenters. The molecule has 180 valence electrons. The quantitative estimate of drug-likeness (QED) is 0.543. The molecule has 2 aliphatic heterocycles. The molecule has 2 aromatic carbocycles. The lowest BCUT2D eigenvalue weighted by atomic mass is 9.82. The van der Waals surface area contributed by atoms with E-state index in [4.69, 9.17) is 4.74 Å². The first-order valence-electron chi connectivity index (χ1n) is 11.8. The second-order valence-electron chi connectivity index (χ2n) is 9.17. The fourth-order valence-electron chi connectivity index (χ4n) is 5.01. The molecule has 8 heteroatoms. The van der Waals surface area contributed by atoms with Crippen LogP contribution in [0.4, 0.5) is 11.4 Å². The number of ether oxygens (including phenoxy) is 1. The summed E-state index contributed by atoms with van der Waals surface area (Å²) in [5.41, 5.74) is 2.54. The minimum atomic E-state index is -0.457. The smallest absolute Gasteiger partial charge is 0.257 e. The Balaban J connectivity index is 1.37. The highest BCUT2D eigenvalue weighted by Gasteiger charge is 2.49. The molecule has 0 unspecified atom stereocenters. The van der Waals surface area contributed by atoms with Gasteiger partial charge in [-0.3, -0.25) is 19.2 Å². The Bertz CT molecular complexity index is 1230. The molecule has 8 nitrogen and oxygen atoms in total. The Kier molecular flexibility index (Phi) is 6.21.